The Morgan fingerprint density at radius 3 is 2.67 bits per heavy atom. The van der Waals surface area contributed by atoms with Crippen LogP contribution in [0.25, 0.3) is 0 Å². The van der Waals surface area contributed by atoms with E-state index in [2.05, 4.69) is 55.3 Å². The first-order valence-electron chi connectivity index (χ1n) is 8.38. The fourth-order valence-electron chi connectivity index (χ4n) is 3.66. The number of likely N-dealkylation sites (N-methyl/N-ethyl adjacent to an activating group) is 1. The highest BCUT2D eigenvalue weighted by atomic mass is 15.1. The van der Waals surface area contributed by atoms with Crippen LogP contribution in [0.4, 0.5) is 0 Å². The SMILES string of the molecule is CCCC1CCC(C#N)C(N(C)CCc2ccccc2)C1. The largest absolute Gasteiger partial charge is 0.302 e. The van der Waals surface area contributed by atoms with E-state index in [9.17, 15) is 5.26 Å². The van der Waals surface area contributed by atoms with E-state index in [1.165, 1.54) is 31.2 Å². The third-order valence-electron chi connectivity index (χ3n) is 4.95. The molecule has 2 nitrogen and oxygen atoms in total. The highest BCUT2D eigenvalue weighted by Crippen LogP contribution is 2.34. The quantitative estimate of drug-likeness (QED) is 0.780. The molecule has 114 valence electrons. The van der Waals surface area contributed by atoms with Crippen molar-refractivity contribution in [2.75, 3.05) is 13.6 Å². The van der Waals surface area contributed by atoms with Gasteiger partial charge in [0.05, 0.1) is 12.0 Å². The fourth-order valence-corrected chi connectivity index (χ4v) is 3.66. The molecule has 0 amide bonds. The van der Waals surface area contributed by atoms with Crippen LogP contribution in [0.1, 0.15) is 44.6 Å². The van der Waals surface area contributed by atoms with Crippen molar-refractivity contribution in [3.05, 3.63) is 35.9 Å². The summed E-state index contributed by atoms with van der Waals surface area (Å²) in [6.45, 7) is 3.32. The van der Waals surface area contributed by atoms with Crippen LogP contribution in [-0.4, -0.2) is 24.5 Å². The predicted molar refractivity (Wildman–Crippen MR) is 87.9 cm³/mol. The second-order valence-corrected chi connectivity index (χ2v) is 6.49. The number of nitriles is 1. The summed E-state index contributed by atoms with van der Waals surface area (Å²) in [6.07, 6.45) is 7.20. The summed E-state index contributed by atoms with van der Waals surface area (Å²) in [5.41, 5.74) is 1.39. The van der Waals surface area contributed by atoms with Crippen molar-refractivity contribution in [3.8, 4) is 6.07 Å². The molecule has 0 heterocycles. The molecule has 1 saturated carbocycles. The minimum absolute atomic E-state index is 0.221. The summed E-state index contributed by atoms with van der Waals surface area (Å²) in [5.74, 6) is 1.04. The highest BCUT2D eigenvalue weighted by molar-refractivity contribution is 5.15. The Kier molecular flexibility index (Phi) is 6.26. The Labute approximate surface area is 129 Å². The lowest BCUT2D eigenvalue weighted by Gasteiger charge is -2.38. The van der Waals surface area contributed by atoms with Gasteiger partial charge in [-0.3, -0.25) is 0 Å². The molecule has 3 unspecified atom stereocenters. The van der Waals surface area contributed by atoms with Gasteiger partial charge in [0.1, 0.15) is 0 Å². The van der Waals surface area contributed by atoms with Gasteiger partial charge in [-0.15, -0.1) is 0 Å². The van der Waals surface area contributed by atoms with E-state index in [1.54, 1.807) is 0 Å². The van der Waals surface area contributed by atoms with E-state index in [1.807, 2.05) is 0 Å². The van der Waals surface area contributed by atoms with Crippen LogP contribution < -0.4 is 0 Å². The average Bonchev–Trinajstić information content (AvgIpc) is 2.54. The van der Waals surface area contributed by atoms with Crippen LogP contribution in [0.15, 0.2) is 30.3 Å². The third kappa shape index (κ3) is 4.58. The molecule has 2 heteroatoms. The molecule has 0 aromatic heterocycles. The van der Waals surface area contributed by atoms with Crippen molar-refractivity contribution < 1.29 is 0 Å². The molecule has 0 N–H and O–H groups in total. The molecule has 0 aliphatic heterocycles. The molecular formula is C19H28N2. The van der Waals surface area contributed by atoms with Crippen LogP contribution in [0.3, 0.4) is 0 Å². The van der Waals surface area contributed by atoms with E-state index >= 15 is 0 Å². The maximum absolute atomic E-state index is 9.44. The molecule has 2 rings (SSSR count). The molecule has 0 bridgehead atoms. The van der Waals surface area contributed by atoms with Gasteiger partial charge in [-0.05, 0) is 44.2 Å². The van der Waals surface area contributed by atoms with Crippen LogP contribution in [0, 0.1) is 23.2 Å². The van der Waals surface area contributed by atoms with Crippen LogP contribution >= 0.6 is 0 Å². The molecule has 1 aliphatic rings. The summed E-state index contributed by atoms with van der Waals surface area (Å²) in [5, 5.41) is 9.44. The van der Waals surface area contributed by atoms with Crippen molar-refractivity contribution in [3.63, 3.8) is 0 Å². The molecule has 1 aliphatic carbocycles. The van der Waals surface area contributed by atoms with E-state index in [4.69, 9.17) is 0 Å². The minimum Gasteiger partial charge on any atom is -0.302 e. The first-order chi connectivity index (χ1) is 10.2. The molecule has 1 fully saturated rings. The van der Waals surface area contributed by atoms with Gasteiger partial charge in [-0.2, -0.15) is 5.26 Å². The molecule has 3 atom stereocenters. The molecule has 0 saturated heterocycles. The lowest BCUT2D eigenvalue weighted by Crippen LogP contribution is -2.42. The van der Waals surface area contributed by atoms with Gasteiger partial charge in [0, 0.05) is 12.6 Å². The molecular weight excluding hydrogens is 256 g/mol. The summed E-state index contributed by atoms with van der Waals surface area (Å²) in [6, 6.07) is 13.7. The Balaban J connectivity index is 1.91. The summed E-state index contributed by atoms with van der Waals surface area (Å²) in [4.78, 5) is 2.43. The normalized spacial score (nSPS) is 25.7. The number of benzene rings is 1. The van der Waals surface area contributed by atoms with Crippen LogP contribution in [0.2, 0.25) is 0 Å². The second-order valence-electron chi connectivity index (χ2n) is 6.49. The number of rotatable bonds is 6. The lowest BCUT2D eigenvalue weighted by atomic mass is 9.76. The summed E-state index contributed by atoms with van der Waals surface area (Å²) >= 11 is 0. The van der Waals surface area contributed by atoms with Gasteiger partial charge in [-0.25, -0.2) is 0 Å². The second kappa shape index (κ2) is 8.20. The Morgan fingerprint density at radius 1 is 1.24 bits per heavy atom. The van der Waals surface area contributed by atoms with Gasteiger partial charge >= 0.3 is 0 Å². The van der Waals surface area contributed by atoms with Crippen molar-refractivity contribution >= 4 is 0 Å². The van der Waals surface area contributed by atoms with Crippen LogP contribution in [-0.2, 0) is 6.42 Å². The Hall–Kier alpha value is -1.33. The maximum Gasteiger partial charge on any atom is 0.0672 e. The topological polar surface area (TPSA) is 27.0 Å². The van der Waals surface area contributed by atoms with Gasteiger partial charge < -0.3 is 4.90 Å². The minimum atomic E-state index is 0.221. The fraction of sp³-hybridized carbons (Fsp3) is 0.632. The summed E-state index contributed by atoms with van der Waals surface area (Å²) < 4.78 is 0. The van der Waals surface area contributed by atoms with Crippen molar-refractivity contribution in [2.24, 2.45) is 11.8 Å². The standard InChI is InChI=1S/C19H28N2/c1-3-7-17-10-11-18(15-20)19(14-17)21(2)13-12-16-8-5-4-6-9-16/h4-6,8-9,17-19H,3,7,10-14H2,1-2H3. The van der Waals surface area contributed by atoms with Crippen molar-refractivity contribution in [1.82, 2.24) is 4.90 Å². The van der Waals surface area contributed by atoms with Gasteiger partial charge in [0.2, 0.25) is 0 Å². The maximum atomic E-state index is 9.44. The summed E-state index contributed by atoms with van der Waals surface area (Å²) in [7, 11) is 2.20. The molecule has 1 aromatic carbocycles. The Bertz CT molecular complexity index is 448. The number of hydrogen-bond acceptors (Lipinski definition) is 2. The van der Waals surface area contributed by atoms with Crippen molar-refractivity contribution in [2.45, 2.75) is 51.5 Å². The van der Waals surface area contributed by atoms with Gasteiger partial charge in [0.25, 0.3) is 0 Å². The first-order valence-corrected chi connectivity index (χ1v) is 8.38. The van der Waals surface area contributed by atoms with Crippen LogP contribution in [0.5, 0.6) is 0 Å². The molecule has 1 aromatic rings. The van der Waals surface area contributed by atoms with E-state index in [0.717, 1.165) is 25.3 Å². The predicted octanol–water partition coefficient (Wildman–Crippen LogP) is 4.27. The monoisotopic (exact) mass is 284 g/mol. The smallest absolute Gasteiger partial charge is 0.0672 e. The zero-order chi connectivity index (χ0) is 15.1. The average molecular weight is 284 g/mol. The van der Waals surface area contributed by atoms with Crippen molar-refractivity contribution in [1.29, 1.82) is 5.26 Å². The number of hydrogen-bond donors (Lipinski definition) is 0. The molecule has 0 radical (unpaired) electrons. The van der Waals surface area contributed by atoms with Gasteiger partial charge in [-0.1, -0.05) is 50.1 Å². The van der Waals surface area contributed by atoms with E-state index < -0.39 is 0 Å². The Morgan fingerprint density at radius 2 is 2.00 bits per heavy atom. The zero-order valence-electron chi connectivity index (χ0n) is 13.5. The van der Waals surface area contributed by atoms with Gasteiger partial charge in [0.15, 0.2) is 0 Å². The zero-order valence-corrected chi connectivity index (χ0v) is 13.5. The van der Waals surface area contributed by atoms with E-state index in [-0.39, 0.29) is 5.92 Å². The highest BCUT2D eigenvalue weighted by Gasteiger charge is 2.32. The van der Waals surface area contributed by atoms with E-state index in [0.29, 0.717) is 6.04 Å². The number of nitrogens with zero attached hydrogens (tertiary/aromatic N) is 2. The third-order valence-corrected chi connectivity index (χ3v) is 4.95. The molecule has 0 spiro atoms. The lowest BCUT2D eigenvalue weighted by molar-refractivity contribution is 0.122. The molecule has 21 heavy (non-hydrogen) atoms. The first kappa shape index (κ1) is 16.0.